The Morgan fingerprint density at radius 1 is 0.871 bits per heavy atom. The van der Waals surface area contributed by atoms with Crippen LogP contribution >= 0.6 is 0 Å². The van der Waals surface area contributed by atoms with E-state index in [9.17, 15) is 4.79 Å². The number of nitrogens with zero attached hydrogens (tertiary/aromatic N) is 1. The third-order valence-electron chi connectivity index (χ3n) is 5.30. The fourth-order valence-corrected chi connectivity index (χ4v) is 3.60. The number of carbonyl (C=O) groups excluding carboxylic acids is 1. The zero-order valence-electron chi connectivity index (χ0n) is 17.6. The first kappa shape index (κ1) is 21.1. The summed E-state index contributed by atoms with van der Waals surface area (Å²) < 4.78 is 11.3. The van der Waals surface area contributed by atoms with Gasteiger partial charge in [-0.3, -0.25) is 9.69 Å². The molecule has 31 heavy (non-hydrogen) atoms. The van der Waals surface area contributed by atoms with E-state index in [1.54, 1.807) is 0 Å². The topological polar surface area (TPSA) is 50.8 Å². The van der Waals surface area contributed by atoms with Crippen molar-refractivity contribution in [2.45, 2.75) is 19.7 Å². The Bertz CT molecular complexity index is 985. The Balaban J connectivity index is 1.30. The van der Waals surface area contributed by atoms with Crippen LogP contribution in [0, 0.1) is 0 Å². The Hall–Kier alpha value is -3.15. The smallest absolute Gasteiger partial charge is 0.251 e. The number of ether oxygens (including phenoxy) is 2. The zero-order chi connectivity index (χ0) is 21.3. The lowest BCUT2D eigenvalue weighted by molar-refractivity contribution is 0.0342. The van der Waals surface area contributed by atoms with Crippen molar-refractivity contribution in [3.8, 4) is 5.75 Å². The average molecular weight is 417 g/mol. The molecule has 1 aliphatic heterocycles. The van der Waals surface area contributed by atoms with Gasteiger partial charge >= 0.3 is 0 Å². The quantitative estimate of drug-likeness (QED) is 0.602. The Labute approximate surface area is 183 Å². The molecule has 160 valence electrons. The molecule has 3 aromatic rings. The molecule has 5 heteroatoms. The summed E-state index contributed by atoms with van der Waals surface area (Å²) in [5, 5.41) is 3.02. The van der Waals surface area contributed by atoms with Crippen LogP contribution in [0.2, 0.25) is 0 Å². The highest BCUT2D eigenvalue weighted by Gasteiger charge is 2.12. The highest BCUT2D eigenvalue weighted by molar-refractivity contribution is 5.94. The van der Waals surface area contributed by atoms with Crippen molar-refractivity contribution in [1.29, 1.82) is 0 Å². The third-order valence-corrected chi connectivity index (χ3v) is 5.30. The molecule has 4 rings (SSSR count). The highest BCUT2D eigenvalue weighted by atomic mass is 16.5. The molecule has 0 radical (unpaired) electrons. The molecule has 1 fully saturated rings. The highest BCUT2D eigenvalue weighted by Crippen LogP contribution is 2.16. The third kappa shape index (κ3) is 6.41. The molecule has 3 aromatic carbocycles. The van der Waals surface area contributed by atoms with Gasteiger partial charge in [0.05, 0.1) is 13.2 Å². The fraction of sp³-hybridized carbons (Fsp3) is 0.269. The lowest BCUT2D eigenvalue weighted by Crippen LogP contribution is -2.35. The number of nitrogens with one attached hydrogen (secondary N) is 1. The van der Waals surface area contributed by atoms with Gasteiger partial charge in [0.1, 0.15) is 12.4 Å². The molecule has 1 N–H and O–H groups in total. The summed E-state index contributed by atoms with van der Waals surface area (Å²) in [6, 6.07) is 25.8. The molecule has 0 aromatic heterocycles. The second kappa shape index (κ2) is 10.8. The van der Waals surface area contributed by atoms with Crippen LogP contribution in [0.5, 0.6) is 5.75 Å². The van der Waals surface area contributed by atoms with Crippen LogP contribution in [0.4, 0.5) is 0 Å². The maximum atomic E-state index is 12.7. The maximum absolute atomic E-state index is 12.7. The second-order valence-corrected chi connectivity index (χ2v) is 7.69. The lowest BCUT2D eigenvalue weighted by Gasteiger charge is -2.26. The first-order chi connectivity index (χ1) is 15.3. The van der Waals surface area contributed by atoms with Crippen molar-refractivity contribution in [3.63, 3.8) is 0 Å². The number of hydrogen-bond acceptors (Lipinski definition) is 4. The van der Waals surface area contributed by atoms with Crippen molar-refractivity contribution in [2.24, 2.45) is 0 Å². The van der Waals surface area contributed by atoms with Gasteiger partial charge in [-0.1, -0.05) is 54.6 Å². The van der Waals surface area contributed by atoms with E-state index < -0.39 is 0 Å². The van der Waals surface area contributed by atoms with Crippen molar-refractivity contribution in [2.75, 3.05) is 26.3 Å². The summed E-state index contributed by atoms with van der Waals surface area (Å²) in [5.74, 6) is 0.725. The minimum atomic E-state index is -0.0700. The van der Waals surface area contributed by atoms with Crippen LogP contribution in [0.3, 0.4) is 0 Å². The van der Waals surface area contributed by atoms with Crippen LogP contribution in [0.25, 0.3) is 0 Å². The summed E-state index contributed by atoms with van der Waals surface area (Å²) in [5.41, 5.74) is 3.95. The van der Waals surface area contributed by atoms with Crippen molar-refractivity contribution in [1.82, 2.24) is 10.2 Å². The summed E-state index contributed by atoms with van der Waals surface area (Å²) in [4.78, 5) is 15.0. The molecule has 1 saturated heterocycles. The molecular formula is C26H28N2O3. The standard InChI is InChI=1S/C26H28N2O3/c29-26(24-10-4-9-23(16-24)19-28-12-14-30-15-13-28)27-18-22-8-5-11-25(17-22)31-20-21-6-2-1-3-7-21/h1-11,16-17H,12-15,18-20H2,(H,27,29). The normalized spacial score (nSPS) is 14.2. The van der Waals surface area contributed by atoms with Crippen LogP contribution < -0.4 is 10.1 Å². The number of benzene rings is 3. The van der Waals surface area contributed by atoms with E-state index in [0.29, 0.717) is 18.7 Å². The van der Waals surface area contributed by atoms with Gasteiger partial charge in [-0.25, -0.2) is 0 Å². The van der Waals surface area contributed by atoms with Crippen LogP contribution in [-0.4, -0.2) is 37.1 Å². The summed E-state index contributed by atoms with van der Waals surface area (Å²) in [6.45, 7) is 5.22. The fourth-order valence-electron chi connectivity index (χ4n) is 3.60. The second-order valence-electron chi connectivity index (χ2n) is 7.69. The van der Waals surface area contributed by atoms with E-state index in [-0.39, 0.29) is 5.91 Å². The van der Waals surface area contributed by atoms with Gasteiger partial charge < -0.3 is 14.8 Å². The SMILES string of the molecule is O=C(NCc1cccc(OCc2ccccc2)c1)c1cccc(CN2CCOCC2)c1. The molecular weight excluding hydrogens is 388 g/mol. The van der Waals surface area contributed by atoms with E-state index in [4.69, 9.17) is 9.47 Å². The first-order valence-corrected chi connectivity index (χ1v) is 10.7. The van der Waals surface area contributed by atoms with Gasteiger partial charge in [0.15, 0.2) is 0 Å². The molecule has 1 heterocycles. The summed E-state index contributed by atoms with van der Waals surface area (Å²) in [6.07, 6.45) is 0. The van der Waals surface area contributed by atoms with E-state index >= 15 is 0 Å². The van der Waals surface area contributed by atoms with Crippen LogP contribution in [-0.2, 0) is 24.4 Å². The maximum Gasteiger partial charge on any atom is 0.251 e. The molecule has 0 unspecified atom stereocenters. The Morgan fingerprint density at radius 2 is 1.61 bits per heavy atom. The lowest BCUT2D eigenvalue weighted by atomic mass is 10.1. The molecule has 0 bridgehead atoms. The number of rotatable bonds is 8. The zero-order valence-corrected chi connectivity index (χ0v) is 17.6. The predicted octanol–water partition coefficient (Wildman–Crippen LogP) is 4.03. The molecule has 0 atom stereocenters. The predicted molar refractivity (Wildman–Crippen MR) is 121 cm³/mol. The molecule has 5 nitrogen and oxygen atoms in total. The van der Waals surface area contributed by atoms with Crippen molar-refractivity contribution in [3.05, 3.63) is 101 Å². The minimum Gasteiger partial charge on any atom is -0.489 e. The minimum absolute atomic E-state index is 0.0700. The van der Waals surface area contributed by atoms with Gasteiger partial charge in [0.25, 0.3) is 5.91 Å². The average Bonchev–Trinajstić information content (AvgIpc) is 2.83. The van der Waals surface area contributed by atoms with E-state index in [2.05, 4.69) is 16.3 Å². The van der Waals surface area contributed by atoms with Crippen molar-refractivity contribution < 1.29 is 14.3 Å². The van der Waals surface area contributed by atoms with Gasteiger partial charge in [-0.2, -0.15) is 0 Å². The van der Waals surface area contributed by atoms with Crippen LogP contribution in [0.15, 0.2) is 78.9 Å². The summed E-state index contributed by atoms with van der Waals surface area (Å²) >= 11 is 0. The monoisotopic (exact) mass is 416 g/mol. The largest absolute Gasteiger partial charge is 0.489 e. The number of amides is 1. The number of morpholine rings is 1. The number of hydrogen-bond donors (Lipinski definition) is 1. The molecule has 0 saturated carbocycles. The molecule has 0 aliphatic carbocycles. The van der Waals surface area contributed by atoms with Gasteiger partial charge in [0.2, 0.25) is 0 Å². The Morgan fingerprint density at radius 3 is 2.45 bits per heavy atom. The van der Waals surface area contributed by atoms with E-state index in [1.165, 1.54) is 0 Å². The first-order valence-electron chi connectivity index (χ1n) is 10.7. The van der Waals surface area contributed by atoms with Crippen molar-refractivity contribution >= 4 is 5.91 Å². The van der Waals surface area contributed by atoms with Gasteiger partial charge in [0, 0.05) is 31.7 Å². The van der Waals surface area contributed by atoms with Gasteiger partial charge in [-0.15, -0.1) is 0 Å². The molecule has 0 spiro atoms. The number of carbonyl (C=O) groups is 1. The Kier molecular flexibility index (Phi) is 7.32. The molecule has 1 aliphatic rings. The van der Waals surface area contributed by atoms with E-state index in [0.717, 1.165) is 55.3 Å². The van der Waals surface area contributed by atoms with Gasteiger partial charge in [-0.05, 0) is 41.0 Å². The van der Waals surface area contributed by atoms with Crippen LogP contribution in [0.1, 0.15) is 27.0 Å². The molecule has 1 amide bonds. The summed E-state index contributed by atoms with van der Waals surface area (Å²) in [7, 11) is 0. The van der Waals surface area contributed by atoms with E-state index in [1.807, 2.05) is 72.8 Å².